The summed E-state index contributed by atoms with van der Waals surface area (Å²) in [5.74, 6) is 0.547. The van der Waals surface area contributed by atoms with E-state index in [1.54, 1.807) is 6.20 Å². The van der Waals surface area contributed by atoms with Gasteiger partial charge < -0.3 is 10.1 Å². The Bertz CT molecular complexity index is 1730. The van der Waals surface area contributed by atoms with Gasteiger partial charge in [-0.15, -0.1) is 23.3 Å². The van der Waals surface area contributed by atoms with Gasteiger partial charge in [-0.05, 0) is 76.5 Å². The Morgan fingerprint density at radius 2 is 1.66 bits per heavy atom. The maximum atomic E-state index is 11.7. The molecule has 44 heavy (non-hydrogen) atoms. The molecule has 4 nitrogen and oxygen atoms in total. The van der Waals surface area contributed by atoms with E-state index in [2.05, 4.69) is 31.0 Å². The van der Waals surface area contributed by atoms with Gasteiger partial charge in [0.2, 0.25) is 0 Å². The number of carbonyl (C=O) groups excluding carboxylic acids is 1. The van der Waals surface area contributed by atoms with E-state index in [0.29, 0.717) is 5.56 Å². The van der Waals surface area contributed by atoms with Crippen molar-refractivity contribution >= 4 is 27.3 Å². The van der Waals surface area contributed by atoms with Gasteiger partial charge in [-0.1, -0.05) is 91.3 Å². The van der Waals surface area contributed by atoms with Gasteiger partial charge >= 0.3 is 0 Å². The summed E-state index contributed by atoms with van der Waals surface area (Å²) in [5.41, 5.74) is 4.07. The van der Waals surface area contributed by atoms with Crippen LogP contribution in [-0.2, 0) is 36.7 Å². The number of hydrogen-bond donors (Lipinski definition) is 1. The third-order valence-corrected chi connectivity index (χ3v) is 8.75. The molecule has 0 unspecified atom stereocenters. The van der Waals surface area contributed by atoms with Crippen molar-refractivity contribution in [3.63, 3.8) is 0 Å². The van der Waals surface area contributed by atoms with Gasteiger partial charge in [0.15, 0.2) is 5.78 Å². The van der Waals surface area contributed by atoms with Gasteiger partial charge in [0, 0.05) is 59.3 Å². The summed E-state index contributed by atoms with van der Waals surface area (Å²) in [5, 5.41) is 14.1. The zero-order valence-electron chi connectivity index (χ0n) is 29.8. The van der Waals surface area contributed by atoms with E-state index in [-0.39, 0.29) is 48.9 Å². The number of aliphatic hydroxyl groups is 1. The molecule has 0 fully saturated rings. The largest absolute Gasteiger partial charge is 0.512 e. The number of hydrogen-bond acceptors (Lipinski definition) is 4. The molecule has 2 heterocycles. The maximum Gasteiger partial charge on any atom is 0.162 e. The van der Waals surface area contributed by atoms with Crippen molar-refractivity contribution in [2.45, 2.75) is 99.8 Å². The molecule has 1 aliphatic carbocycles. The molecule has 0 bridgehead atoms. The van der Waals surface area contributed by atoms with Crippen LogP contribution in [0.4, 0.5) is 0 Å². The fourth-order valence-corrected chi connectivity index (χ4v) is 6.35. The minimum atomic E-state index is -1.47. The predicted molar refractivity (Wildman–Crippen MR) is 180 cm³/mol. The van der Waals surface area contributed by atoms with Crippen molar-refractivity contribution < 1.29 is 32.7 Å². The van der Waals surface area contributed by atoms with Crippen LogP contribution in [0.15, 0.2) is 60.8 Å². The number of benzene rings is 2. The number of rotatable bonds is 8. The molecule has 1 N–H and O–H groups in total. The van der Waals surface area contributed by atoms with Crippen LogP contribution in [0.25, 0.3) is 32.8 Å². The number of nitrogens with zero attached hydrogens (tertiary/aromatic N) is 2. The van der Waals surface area contributed by atoms with Crippen LogP contribution < -0.4 is 0 Å². The van der Waals surface area contributed by atoms with Gasteiger partial charge in [0.25, 0.3) is 0 Å². The van der Waals surface area contributed by atoms with Crippen LogP contribution in [0.3, 0.4) is 0 Å². The third kappa shape index (κ3) is 7.32. The number of carbonyl (C=O) groups is 1. The standard InChI is InChI=1S/C26H25N2.C13H24O2.Ir/c1-25(2,3)14-16-12-18-9-11-28-24-19-7-6-17-8-10-27-15-20(17)23(19)26(4,5)21(13-16)22(18)24;1-5-10(6-2)12(14)9-13(15)11(7-3)8-4;/h6,8-13,15H,14H2,1-5H3;9-11,14H,5-8H2,1-4H3;/q-1;;/b;12-9-;/i14D2;;. The Kier molecular flexibility index (Phi) is 10.7. The number of fused-ring (bicyclic) bond motifs is 4. The van der Waals surface area contributed by atoms with Crippen LogP contribution >= 0.6 is 0 Å². The number of aliphatic hydroxyl groups excluding tert-OH is 1. The minimum Gasteiger partial charge on any atom is -0.512 e. The van der Waals surface area contributed by atoms with Crippen molar-refractivity contribution in [3.8, 4) is 11.3 Å². The second-order valence-electron chi connectivity index (χ2n) is 13.3. The number of ketones is 1. The molecule has 2 aromatic carbocycles. The Balaban J connectivity index is 0.000000309. The normalized spacial score (nSPS) is 14.8. The van der Waals surface area contributed by atoms with E-state index in [9.17, 15) is 9.90 Å². The third-order valence-electron chi connectivity index (χ3n) is 8.75. The van der Waals surface area contributed by atoms with Crippen LogP contribution in [0, 0.1) is 23.3 Å². The molecule has 2 aromatic heterocycles. The number of allylic oxidation sites excluding steroid dienone is 2. The van der Waals surface area contributed by atoms with Crippen LogP contribution in [0.2, 0.25) is 0 Å². The van der Waals surface area contributed by atoms with E-state index in [1.807, 2.05) is 85.1 Å². The molecule has 5 heteroatoms. The van der Waals surface area contributed by atoms with E-state index < -0.39 is 11.8 Å². The second-order valence-corrected chi connectivity index (χ2v) is 13.3. The molecule has 0 spiro atoms. The SMILES string of the molecule is CCC(CC)C(=O)/C=C(\O)C(CC)CC.[2H]C([2H])(c1cc2c3c(nccc3c1)-c1[c-]cc3ccncc3c1C2(C)C)C(C)(C)C.[Ir]. The average molecular weight is 772 g/mol. The molecular formula is C39H49IrN2O2-. The molecule has 1 aliphatic rings. The first-order chi connectivity index (χ1) is 21.1. The summed E-state index contributed by atoms with van der Waals surface area (Å²) in [4.78, 5) is 20.8. The first-order valence-electron chi connectivity index (χ1n) is 16.8. The zero-order valence-corrected chi connectivity index (χ0v) is 30.2. The molecule has 0 amide bonds. The maximum absolute atomic E-state index is 11.7. The summed E-state index contributed by atoms with van der Waals surface area (Å²) < 4.78 is 17.8. The first kappa shape index (κ1) is 32.5. The molecule has 0 saturated carbocycles. The van der Waals surface area contributed by atoms with E-state index in [1.165, 1.54) is 6.08 Å². The van der Waals surface area contributed by atoms with Gasteiger partial charge in [-0.25, -0.2) is 0 Å². The molecule has 0 saturated heterocycles. The van der Waals surface area contributed by atoms with Gasteiger partial charge in [0.05, 0.1) is 5.76 Å². The Morgan fingerprint density at radius 1 is 1.02 bits per heavy atom. The minimum absolute atomic E-state index is 0. The molecule has 1 radical (unpaired) electrons. The van der Waals surface area contributed by atoms with E-state index in [0.717, 1.165) is 69.6 Å². The fraction of sp³-hybridized carbons (Fsp3) is 0.462. The van der Waals surface area contributed by atoms with Crippen molar-refractivity contribution in [3.05, 3.63) is 83.5 Å². The molecule has 4 aromatic rings. The van der Waals surface area contributed by atoms with Crippen LogP contribution in [0.1, 0.15) is 107 Å². The number of pyridine rings is 2. The van der Waals surface area contributed by atoms with E-state index >= 15 is 0 Å². The summed E-state index contributed by atoms with van der Waals surface area (Å²) in [6.45, 7) is 18.4. The van der Waals surface area contributed by atoms with E-state index in [4.69, 9.17) is 7.73 Å². The van der Waals surface area contributed by atoms with Crippen molar-refractivity contribution in [2.75, 3.05) is 0 Å². The smallest absolute Gasteiger partial charge is 0.162 e. The zero-order chi connectivity index (χ0) is 33.3. The average Bonchev–Trinajstić information content (AvgIpc) is 3.00. The molecular weight excluding hydrogens is 721 g/mol. The van der Waals surface area contributed by atoms with Gasteiger partial charge in [0.1, 0.15) is 0 Å². The summed E-state index contributed by atoms with van der Waals surface area (Å²) in [6.07, 6.45) is 8.99. The quantitative estimate of drug-likeness (QED) is 0.110. The Labute approximate surface area is 281 Å². The topological polar surface area (TPSA) is 63.1 Å². The summed E-state index contributed by atoms with van der Waals surface area (Å²) >= 11 is 0. The molecule has 237 valence electrons. The van der Waals surface area contributed by atoms with Gasteiger partial charge in [-0.2, -0.15) is 0 Å². The summed E-state index contributed by atoms with van der Waals surface area (Å²) in [7, 11) is 0. The fourth-order valence-electron chi connectivity index (χ4n) is 6.35. The summed E-state index contributed by atoms with van der Waals surface area (Å²) in [6, 6.07) is 13.6. The van der Waals surface area contributed by atoms with Crippen LogP contribution in [0.5, 0.6) is 0 Å². The Hall–Kier alpha value is -2.88. The molecule has 0 aliphatic heterocycles. The van der Waals surface area contributed by atoms with Crippen molar-refractivity contribution in [2.24, 2.45) is 17.3 Å². The molecule has 5 rings (SSSR count). The monoisotopic (exact) mass is 772 g/mol. The van der Waals surface area contributed by atoms with Gasteiger partial charge in [-0.3, -0.25) is 9.78 Å². The van der Waals surface area contributed by atoms with Crippen LogP contribution in [-0.4, -0.2) is 20.9 Å². The Morgan fingerprint density at radius 3 is 2.27 bits per heavy atom. The van der Waals surface area contributed by atoms with Crippen molar-refractivity contribution in [1.29, 1.82) is 0 Å². The first-order valence-corrected chi connectivity index (χ1v) is 15.8. The molecule has 0 atom stereocenters. The number of aromatic nitrogens is 2. The van der Waals surface area contributed by atoms with Crippen molar-refractivity contribution in [1.82, 2.24) is 9.97 Å². The predicted octanol–water partition coefficient (Wildman–Crippen LogP) is 10.3. The second kappa shape index (κ2) is 14.5.